The van der Waals surface area contributed by atoms with Gasteiger partial charge in [0, 0.05) is 42.1 Å². The lowest BCUT2D eigenvalue weighted by Gasteiger charge is -2.38. The van der Waals surface area contributed by atoms with Gasteiger partial charge in [-0.05, 0) is 75.3 Å². The van der Waals surface area contributed by atoms with E-state index < -0.39 is 6.04 Å². The zero-order valence-corrected chi connectivity index (χ0v) is 20.8. The van der Waals surface area contributed by atoms with E-state index >= 15 is 4.39 Å². The number of carbonyl (C=O) groups excluding carboxylic acids is 2. The summed E-state index contributed by atoms with van der Waals surface area (Å²) in [5.41, 5.74) is 2.21. The van der Waals surface area contributed by atoms with Gasteiger partial charge in [-0.25, -0.2) is 4.39 Å². The van der Waals surface area contributed by atoms with Crippen LogP contribution in [0.3, 0.4) is 0 Å². The normalized spacial score (nSPS) is 28.7. The molecule has 1 aliphatic carbocycles. The zero-order valence-electron chi connectivity index (χ0n) is 20.8. The number of nitrogens with one attached hydrogen (secondary N) is 2. The molecular formula is C28H38FN3O3. The lowest BCUT2D eigenvalue weighted by Crippen LogP contribution is -2.49. The van der Waals surface area contributed by atoms with E-state index in [2.05, 4.69) is 24.1 Å². The molecule has 0 spiro atoms. The molecule has 3 heterocycles. The Morgan fingerprint density at radius 3 is 2.71 bits per heavy atom. The summed E-state index contributed by atoms with van der Waals surface area (Å²) in [6, 6.07) is 3.81. The van der Waals surface area contributed by atoms with E-state index in [1.54, 1.807) is 12.1 Å². The predicted molar refractivity (Wildman–Crippen MR) is 132 cm³/mol. The average Bonchev–Trinajstić information content (AvgIpc) is 3.19. The van der Waals surface area contributed by atoms with Crippen molar-refractivity contribution in [1.82, 2.24) is 15.5 Å². The number of hydrogen-bond acceptors (Lipinski definition) is 4. The van der Waals surface area contributed by atoms with E-state index in [0.717, 1.165) is 38.9 Å². The van der Waals surface area contributed by atoms with Crippen LogP contribution in [0.5, 0.6) is 0 Å². The van der Waals surface area contributed by atoms with Crippen LogP contribution in [0, 0.1) is 17.7 Å². The number of hydrogen-bond donors (Lipinski definition) is 2. The summed E-state index contributed by atoms with van der Waals surface area (Å²) in [5.74, 6) is 0.273. The van der Waals surface area contributed by atoms with Gasteiger partial charge in [-0.2, -0.15) is 0 Å². The molecule has 5 rings (SSSR count). The van der Waals surface area contributed by atoms with Crippen LogP contribution in [0.4, 0.5) is 4.39 Å². The van der Waals surface area contributed by atoms with E-state index in [9.17, 15) is 9.59 Å². The third kappa shape index (κ3) is 5.03. The number of amides is 2. The smallest absolute Gasteiger partial charge is 0.255 e. The standard InChI is InChI=1S/C28H38FN3O3/c1-17-7-10-25(27(33)30-17)32-16-23-22(28(32)34)9-8-21(26(23)29)15-20-5-3-4-6-24(20)31-18(2)19-11-13-35-14-12-19/h8-9,18-20,24-25,31H,1,3-7,10-16H2,2H3,(H,30,33)/t18?,20-,24+,25?/m1/s1. The Labute approximate surface area is 207 Å². The molecule has 2 N–H and O–H groups in total. The van der Waals surface area contributed by atoms with E-state index in [-0.39, 0.29) is 24.2 Å². The Morgan fingerprint density at radius 2 is 1.94 bits per heavy atom. The Bertz CT molecular complexity index is 990. The van der Waals surface area contributed by atoms with Crippen molar-refractivity contribution in [2.75, 3.05) is 13.2 Å². The highest BCUT2D eigenvalue weighted by atomic mass is 19.1. The summed E-state index contributed by atoms with van der Waals surface area (Å²) in [7, 11) is 0. The van der Waals surface area contributed by atoms with Crippen molar-refractivity contribution < 1.29 is 18.7 Å². The van der Waals surface area contributed by atoms with Gasteiger partial charge >= 0.3 is 0 Å². The summed E-state index contributed by atoms with van der Waals surface area (Å²) in [6.07, 6.45) is 8.63. The van der Waals surface area contributed by atoms with Gasteiger partial charge in [0.1, 0.15) is 11.9 Å². The van der Waals surface area contributed by atoms with Crippen molar-refractivity contribution in [2.24, 2.45) is 11.8 Å². The monoisotopic (exact) mass is 483 g/mol. The van der Waals surface area contributed by atoms with Crippen LogP contribution >= 0.6 is 0 Å². The number of nitrogens with zero attached hydrogens (tertiary/aromatic N) is 1. The first-order chi connectivity index (χ1) is 16.9. The molecule has 1 aromatic rings. The van der Waals surface area contributed by atoms with Gasteiger partial charge < -0.3 is 20.3 Å². The molecule has 190 valence electrons. The van der Waals surface area contributed by atoms with Gasteiger partial charge in [0.05, 0.1) is 6.54 Å². The summed E-state index contributed by atoms with van der Waals surface area (Å²) in [5, 5.41) is 6.65. The molecule has 2 unspecified atom stereocenters. The Hall–Kier alpha value is -2.25. The summed E-state index contributed by atoms with van der Waals surface area (Å²) >= 11 is 0. The SMILES string of the molecule is C=C1CCC(N2Cc3c(ccc(C[C@H]4CCCC[C@@H]4NC(C)C4CCOCC4)c3F)C2=O)C(=O)N1. The highest BCUT2D eigenvalue weighted by Gasteiger charge is 2.40. The first-order valence-corrected chi connectivity index (χ1v) is 13.4. The number of halogens is 1. The molecule has 0 aromatic heterocycles. The maximum Gasteiger partial charge on any atom is 0.255 e. The highest BCUT2D eigenvalue weighted by molar-refractivity contribution is 6.01. The van der Waals surface area contributed by atoms with Crippen LogP contribution in [0.25, 0.3) is 0 Å². The fourth-order valence-electron chi connectivity index (χ4n) is 6.53. The maximum absolute atomic E-state index is 15.8. The van der Waals surface area contributed by atoms with Gasteiger partial charge in [0.2, 0.25) is 5.91 Å². The van der Waals surface area contributed by atoms with Crippen LogP contribution in [-0.4, -0.2) is 48.1 Å². The Kier molecular flexibility index (Phi) is 7.26. The third-order valence-electron chi connectivity index (χ3n) is 8.68. The number of fused-ring (bicyclic) bond motifs is 1. The molecule has 2 saturated heterocycles. The zero-order chi connectivity index (χ0) is 24.5. The Balaban J connectivity index is 1.28. The molecule has 0 radical (unpaired) electrons. The molecular weight excluding hydrogens is 445 g/mol. The predicted octanol–water partition coefficient (Wildman–Crippen LogP) is 4.08. The van der Waals surface area contributed by atoms with Gasteiger partial charge in [0.15, 0.2) is 0 Å². The lowest BCUT2D eigenvalue weighted by atomic mass is 9.79. The number of carbonyl (C=O) groups is 2. The molecule has 3 aliphatic heterocycles. The molecule has 0 bridgehead atoms. The van der Waals surface area contributed by atoms with Crippen LogP contribution in [0.15, 0.2) is 24.4 Å². The average molecular weight is 484 g/mol. The van der Waals surface area contributed by atoms with E-state index in [1.807, 2.05) is 0 Å². The summed E-state index contributed by atoms with van der Waals surface area (Å²) in [6.45, 7) is 7.94. The lowest BCUT2D eigenvalue weighted by molar-refractivity contribution is -0.126. The number of benzene rings is 1. The van der Waals surface area contributed by atoms with E-state index in [0.29, 0.717) is 65.6 Å². The van der Waals surface area contributed by atoms with Crippen molar-refractivity contribution in [1.29, 1.82) is 0 Å². The van der Waals surface area contributed by atoms with Gasteiger partial charge in [-0.3, -0.25) is 9.59 Å². The second-order valence-corrected chi connectivity index (χ2v) is 10.9. The fraction of sp³-hybridized carbons (Fsp3) is 0.643. The molecule has 6 nitrogen and oxygen atoms in total. The minimum Gasteiger partial charge on any atom is -0.381 e. The van der Waals surface area contributed by atoms with E-state index in [1.165, 1.54) is 17.7 Å². The van der Waals surface area contributed by atoms with Gasteiger partial charge in [-0.1, -0.05) is 25.5 Å². The highest BCUT2D eigenvalue weighted by Crippen LogP contribution is 2.34. The first kappa shape index (κ1) is 24.4. The first-order valence-electron chi connectivity index (χ1n) is 13.4. The number of rotatable bonds is 6. The largest absolute Gasteiger partial charge is 0.381 e. The summed E-state index contributed by atoms with van der Waals surface area (Å²) < 4.78 is 21.3. The molecule has 4 atom stereocenters. The van der Waals surface area contributed by atoms with Crippen molar-refractivity contribution in [3.8, 4) is 0 Å². The number of ether oxygens (including phenoxy) is 1. The molecule has 35 heavy (non-hydrogen) atoms. The molecule has 4 aliphatic rings. The maximum atomic E-state index is 15.8. The van der Waals surface area contributed by atoms with Crippen molar-refractivity contribution in [3.63, 3.8) is 0 Å². The van der Waals surface area contributed by atoms with Gasteiger partial charge in [0.25, 0.3) is 5.91 Å². The molecule has 7 heteroatoms. The second-order valence-electron chi connectivity index (χ2n) is 10.9. The second kappa shape index (κ2) is 10.4. The van der Waals surface area contributed by atoms with E-state index in [4.69, 9.17) is 4.74 Å². The van der Waals surface area contributed by atoms with Crippen molar-refractivity contribution in [2.45, 2.75) is 89.4 Å². The topological polar surface area (TPSA) is 70.7 Å². The minimum atomic E-state index is -0.568. The van der Waals surface area contributed by atoms with Crippen LogP contribution < -0.4 is 10.6 Å². The Morgan fingerprint density at radius 1 is 1.17 bits per heavy atom. The van der Waals surface area contributed by atoms with Crippen LogP contribution in [0.2, 0.25) is 0 Å². The quantitative estimate of drug-likeness (QED) is 0.640. The van der Waals surface area contributed by atoms with Crippen molar-refractivity contribution in [3.05, 3.63) is 46.9 Å². The molecule has 1 aromatic carbocycles. The molecule has 3 fully saturated rings. The number of allylic oxidation sites excluding steroid dienone is 1. The minimum absolute atomic E-state index is 0.158. The van der Waals surface area contributed by atoms with Crippen molar-refractivity contribution >= 4 is 11.8 Å². The molecule has 1 saturated carbocycles. The fourth-order valence-corrected chi connectivity index (χ4v) is 6.53. The van der Waals surface area contributed by atoms with Crippen LogP contribution in [-0.2, 0) is 22.5 Å². The third-order valence-corrected chi connectivity index (χ3v) is 8.68. The summed E-state index contributed by atoms with van der Waals surface area (Å²) in [4.78, 5) is 27.0. The number of piperidine rings is 1. The molecule has 2 amide bonds. The van der Waals surface area contributed by atoms with Gasteiger partial charge in [-0.15, -0.1) is 0 Å². The van der Waals surface area contributed by atoms with Crippen LogP contribution in [0.1, 0.15) is 79.8 Å².